The van der Waals surface area contributed by atoms with Crippen LogP contribution in [-0.2, 0) is 6.54 Å². The average Bonchev–Trinajstić information content (AvgIpc) is 3.80. The second-order valence-corrected chi connectivity index (χ2v) is 9.95. The monoisotopic (exact) mass is 575 g/mol. The zero-order valence-corrected chi connectivity index (χ0v) is 22.7. The summed E-state index contributed by atoms with van der Waals surface area (Å²) in [6.07, 6.45) is 4.60. The highest BCUT2D eigenvalue weighted by molar-refractivity contribution is 6.34. The average molecular weight is 576 g/mol. The van der Waals surface area contributed by atoms with Gasteiger partial charge in [-0.3, -0.25) is 9.78 Å². The summed E-state index contributed by atoms with van der Waals surface area (Å²) in [6.45, 7) is 2.52. The summed E-state index contributed by atoms with van der Waals surface area (Å²) in [4.78, 5) is 41.2. The third-order valence-corrected chi connectivity index (χ3v) is 6.75. The van der Waals surface area contributed by atoms with Crippen LogP contribution in [0.15, 0.2) is 65.7 Å². The Hall–Kier alpha value is -4.90. The minimum absolute atomic E-state index is 0.0198. The van der Waals surface area contributed by atoms with E-state index in [2.05, 4.69) is 20.7 Å². The number of nitrogens with one attached hydrogen (secondary N) is 2. The largest absolute Gasteiger partial charge is 0.504 e. The van der Waals surface area contributed by atoms with Gasteiger partial charge in [-0.05, 0) is 67.1 Å². The molecule has 0 spiro atoms. The lowest BCUT2D eigenvalue weighted by Crippen LogP contribution is -2.29. The number of ether oxygens (including phenoxy) is 1. The van der Waals surface area contributed by atoms with Crippen LogP contribution in [0.2, 0.25) is 5.02 Å². The van der Waals surface area contributed by atoms with Crippen molar-refractivity contribution in [2.24, 2.45) is 5.92 Å². The van der Waals surface area contributed by atoms with Crippen molar-refractivity contribution in [3.63, 3.8) is 0 Å². The highest BCUT2D eigenvalue weighted by atomic mass is 35.5. The Morgan fingerprint density at radius 1 is 1.07 bits per heavy atom. The molecule has 2 amide bonds. The molecular formula is C29H26ClN5O6. The molecule has 0 radical (unpaired) electrons. The van der Waals surface area contributed by atoms with Crippen molar-refractivity contribution >= 4 is 35.0 Å². The molecule has 4 N–H and O–H groups in total. The van der Waals surface area contributed by atoms with Crippen LogP contribution in [0, 0.1) is 5.92 Å². The lowest BCUT2D eigenvalue weighted by atomic mass is 9.99. The molecule has 12 heteroatoms. The van der Waals surface area contributed by atoms with Gasteiger partial charge >= 0.3 is 12.0 Å². The summed E-state index contributed by atoms with van der Waals surface area (Å²) in [5.41, 5.74) is 1.86. The van der Waals surface area contributed by atoms with Gasteiger partial charge in [-0.2, -0.15) is 5.10 Å². The first-order valence-corrected chi connectivity index (χ1v) is 13.2. The first kappa shape index (κ1) is 27.7. The number of hydrogen-bond acceptors (Lipinski definition) is 7. The molecular weight excluding hydrogens is 550 g/mol. The van der Waals surface area contributed by atoms with E-state index >= 15 is 0 Å². The first-order valence-electron chi connectivity index (χ1n) is 12.9. The van der Waals surface area contributed by atoms with E-state index in [1.807, 2.05) is 12.1 Å². The van der Waals surface area contributed by atoms with Crippen molar-refractivity contribution in [3.05, 3.63) is 81.9 Å². The maximum Gasteiger partial charge on any atom is 0.335 e. The number of aryl methyl sites for hydroxylation is 1. The van der Waals surface area contributed by atoms with Crippen LogP contribution in [0.4, 0.5) is 16.2 Å². The number of rotatable bonds is 9. The predicted molar refractivity (Wildman–Crippen MR) is 154 cm³/mol. The molecule has 210 valence electrons. The Morgan fingerprint density at radius 2 is 1.85 bits per heavy atom. The number of aromatic nitrogens is 3. The summed E-state index contributed by atoms with van der Waals surface area (Å²) in [5.74, 6) is -0.411. The number of benzene rings is 2. The van der Waals surface area contributed by atoms with Crippen LogP contribution < -0.4 is 20.9 Å². The van der Waals surface area contributed by atoms with Gasteiger partial charge in [0.25, 0.3) is 5.56 Å². The van der Waals surface area contributed by atoms with Crippen LogP contribution in [0.5, 0.6) is 11.5 Å². The van der Waals surface area contributed by atoms with Gasteiger partial charge in [-0.15, -0.1) is 0 Å². The van der Waals surface area contributed by atoms with Gasteiger partial charge in [0, 0.05) is 18.3 Å². The first-order chi connectivity index (χ1) is 19.7. The van der Waals surface area contributed by atoms with E-state index in [-0.39, 0.29) is 34.3 Å². The minimum Gasteiger partial charge on any atom is -0.504 e. The van der Waals surface area contributed by atoms with E-state index < -0.39 is 17.6 Å². The van der Waals surface area contributed by atoms with Crippen LogP contribution in [0.3, 0.4) is 0 Å². The third kappa shape index (κ3) is 6.47. The zero-order valence-electron chi connectivity index (χ0n) is 21.9. The number of carboxylic acid groups (broad SMARTS) is 1. The van der Waals surface area contributed by atoms with Crippen LogP contribution in [0.1, 0.15) is 30.1 Å². The summed E-state index contributed by atoms with van der Waals surface area (Å²) in [7, 11) is 0. The summed E-state index contributed by atoms with van der Waals surface area (Å²) in [6, 6.07) is 12.8. The van der Waals surface area contributed by atoms with Crippen molar-refractivity contribution in [2.75, 3.05) is 17.2 Å². The molecule has 41 heavy (non-hydrogen) atoms. The number of halogens is 1. The van der Waals surface area contributed by atoms with Gasteiger partial charge in [-0.1, -0.05) is 29.8 Å². The van der Waals surface area contributed by atoms with Crippen LogP contribution in [-0.4, -0.2) is 43.6 Å². The molecule has 2 aromatic carbocycles. The molecule has 0 saturated heterocycles. The van der Waals surface area contributed by atoms with Crippen molar-refractivity contribution in [2.45, 2.75) is 26.3 Å². The topological polar surface area (TPSA) is 156 Å². The highest BCUT2D eigenvalue weighted by Crippen LogP contribution is 2.33. The minimum atomic E-state index is -1.06. The number of carboxylic acids is 1. The number of hydrogen-bond donors (Lipinski definition) is 4. The molecule has 1 saturated carbocycles. The number of amides is 2. The molecule has 4 aromatic rings. The van der Waals surface area contributed by atoms with Gasteiger partial charge in [0.2, 0.25) is 0 Å². The van der Waals surface area contributed by atoms with Crippen molar-refractivity contribution in [3.8, 4) is 33.9 Å². The number of urea groups is 1. The zero-order chi connectivity index (χ0) is 29.1. The van der Waals surface area contributed by atoms with Crippen molar-refractivity contribution in [1.29, 1.82) is 0 Å². The summed E-state index contributed by atoms with van der Waals surface area (Å²) in [5, 5.41) is 29.0. The fourth-order valence-electron chi connectivity index (χ4n) is 4.13. The standard InChI is InChI=1S/C29H26ClN5O6/c1-2-35-27(37)24(32-29(40)33-26-22(30)13-31-14-25(26)36)12-23(34-35)18-5-3-4-17(8-18)19-9-20(28(38)39)11-21(10-19)41-15-16-6-7-16/h3-5,8-14,16,36H,2,6-7,15H2,1H3,(H,38,39)(H2,31,32,33,40). The Morgan fingerprint density at radius 3 is 2.56 bits per heavy atom. The lowest BCUT2D eigenvalue weighted by Gasteiger charge is -2.13. The molecule has 0 bridgehead atoms. The van der Waals surface area contributed by atoms with E-state index in [1.54, 1.807) is 31.2 Å². The lowest BCUT2D eigenvalue weighted by molar-refractivity contribution is 0.0696. The second kappa shape index (κ2) is 11.7. The number of carbonyl (C=O) groups excluding carboxylic acids is 1. The number of aromatic carboxylic acids is 1. The van der Waals surface area contributed by atoms with Gasteiger partial charge in [-0.25, -0.2) is 14.3 Å². The number of nitrogens with zero attached hydrogens (tertiary/aromatic N) is 3. The smallest absolute Gasteiger partial charge is 0.335 e. The molecule has 1 aliphatic rings. The molecule has 0 atom stereocenters. The normalized spacial score (nSPS) is 12.5. The number of pyridine rings is 1. The highest BCUT2D eigenvalue weighted by Gasteiger charge is 2.22. The quantitative estimate of drug-likeness (QED) is 0.204. The Balaban J connectivity index is 1.46. The van der Waals surface area contributed by atoms with Crippen LogP contribution in [0.25, 0.3) is 22.4 Å². The van der Waals surface area contributed by atoms with Gasteiger partial charge in [0.1, 0.15) is 17.1 Å². The fourth-order valence-corrected chi connectivity index (χ4v) is 4.33. The Labute approximate surface area is 239 Å². The molecule has 2 aromatic heterocycles. The van der Waals surface area contributed by atoms with Crippen LogP contribution >= 0.6 is 11.6 Å². The molecule has 2 heterocycles. The number of anilines is 2. The molecule has 5 rings (SSSR count). The Kier molecular flexibility index (Phi) is 7.88. The maximum absolute atomic E-state index is 12.9. The number of carbonyl (C=O) groups is 2. The maximum atomic E-state index is 12.9. The second-order valence-electron chi connectivity index (χ2n) is 9.55. The summed E-state index contributed by atoms with van der Waals surface area (Å²) >= 11 is 6.02. The molecule has 1 fully saturated rings. The van der Waals surface area contributed by atoms with E-state index in [9.17, 15) is 24.6 Å². The van der Waals surface area contributed by atoms with Gasteiger partial charge < -0.3 is 25.6 Å². The van der Waals surface area contributed by atoms with E-state index in [0.717, 1.165) is 19.0 Å². The molecule has 0 aliphatic heterocycles. The summed E-state index contributed by atoms with van der Waals surface area (Å²) < 4.78 is 7.08. The van der Waals surface area contributed by atoms with E-state index in [1.165, 1.54) is 23.0 Å². The molecule has 0 unspecified atom stereocenters. The SMILES string of the molecule is CCn1nc(-c2cccc(-c3cc(OCC4CC4)cc(C(=O)O)c3)c2)cc(NC(=O)Nc2c(O)cncc2Cl)c1=O. The molecule has 1 aliphatic carbocycles. The van der Waals surface area contributed by atoms with Gasteiger partial charge in [0.15, 0.2) is 5.75 Å². The van der Waals surface area contributed by atoms with E-state index in [0.29, 0.717) is 40.7 Å². The number of aromatic hydroxyl groups is 1. The van der Waals surface area contributed by atoms with Gasteiger partial charge in [0.05, 0.1) is 29.1 Å². The third-order valence-electron chi connectivity index (χ3n) is 6.47. The van der Waals surface area contributed by atoms with Crippen molar-refractivity contribution in [1.82, 2.24) is 14.8 Å². The molecule has 11 nitrogen and oxygen atoms in total. The Bertz CT molecular complexity index is 1680. The predicted octanol–water partition coefficient (Wildman–Crippen LogP) is 5.48. The van der Waals surface area contributed by atoms with Crippen molar-refractivity contribution < 1.29 is 24.5 Å². The van der Waals surface area contributed by atoms with E-state index in [4.69, 9.17) is 16.3 Å². The fraction of sp³-hybridized carbons (Fsp3) is 0.207.